The van der Waals surface area contributed by atoms with E-state index in [9.17, 15) is 9.18 Å². The molecule has 1 saturated carbocycles. The second kappa shape index (κ2) is 10.8. The first-order chi connectivity index (χ1) is 18.5. The summed E-state index contributed by atoms with van der Waals surface area (Å²) in [6.45, 7) is 1.80. The van der Waals surface area contributed by atoms with E-state index in [1.165, 1.54) is 31.4 Å². The minimum absolute atomic E-state index is 0.174. The van der Waals surface area contributed by atoms with Gasteiger partial charge in [-0.1, -0.05) is 48.2 Å². The maximum atomic E-state index is 13.7. The van der Waals surface area contributed by atoms with Crippen molar-refractivity contribution in [2.75, 3.05) is 13.1 Å². The number of rotatable bonds is 4. The van der Waals surface area contributed by atoms with E-state index in [1.807, 2.05) is 10.7 Å². The molecular weight excluding hydrogens is 522 g/mol. The highest BCUT2D eigenvalue weighted by atomic mass is 35.5. The minimum Gasteiger partial charge on any atom is -0.283 e. The quantitative estimate of drug-likeness (QED) is 0.368. The summed E-state index contributed by atoms with van der Waals surface area (Å²) in [7, 11) is 0. The summed E-state index contributed by atoms with van der Waals surface area (Å²) >= 11 is 12.9. The Morgan fingerprint density at radius 1 is 0.974 bits per heavy atom. The van der Waals surface area contributed by atoms with Gasteiger partial charge in [-0.15, -0.1) is 0 Å². The highest BCUT2D eigenvalue weighted by Crippen LogP contribution is 2.38. The molecule has 2 heterocycles. The monoisotopic (exact) mass is 552 g/mol. The summed E-state index contributed by atoms with van der Waals surface area (Å²) in [6.07, 6.45) is 10.5. The summed E-state index contributed by atoms with van der Waals surface area (Å²) in [5.41, 5.74) is 8.06. The van der Waals surface area contributed by atoms with Gasteiger partial charge in [0.05, 0.1) is 16.4 Å². The molecule has 3 aliphatic rings. The van der Waals surface area contributed by atoms with E-state index >= 15 is 0 Å². The van der Waals surface area contributed by atoms with Crippen LogP contribution in [0.2, 0.25) is 10.0 Å². The highest BCUT2D eigenvalue weighted by molar-refractivity contribution is 6.35. The first kappa shape index (κ1) is 25.6. The van der Waals surface area contributed by atoms with Crippen molar-refractivity contribution < 1.29 is 9.18 Å². The molecule has 8 heteroatoms. The Morgan fingerprint density at radius 3 is 2.45 bits per heavy atom. The van der Waals surface area contributed by atoms with Gasteiger partial charge in [-0.3, -0.25) is 10.2 Å². The number of allylic oxidation sites excluding steroid dienone is 1. The van der Waals surface area contributed by atoms with Crippen LogP contribution in [-0.2, 0) is 6.42 Å². The zero-order valence-corrected chi connectivity index (χ0v) is 22.7. The van der Waals surface area contributed by atoms with Crippen LogP contribution in [0.25, 0.3) is 17.3 Å². The van der Waals surface area contributed by atoms with Crippen LogP contribution in [0.1, 0.15) is 72.3 Å². The molecule has 1 N–H and O–H groups in total. The molecule has 2 unspecified atom stereocenters. The van der Waals surface area contributed by atoms with Crippen molar-refractivity contribution in [2.45, 2.75) is 51.4 Å². The fourth-order valence-corrected chi connectivity index (χ4v) is 6.85. The van der Waals surface area contributed by atoms with E-state index < -0.39 is 0 Å². The SMILES string of the molecule is O=C(NN1CC2CCCC2C1)c1nn(-c2ccc(Cl)cc2Cl)c2c1CCCCCC2=Cc1ccc(F)cc1. The lowest BCUT2D eigenvalue weighted by molar-refractivity contribution is 0.0807. The summed E-state index contributed by atoms with van der Waals surface area (Å²) < 4.78 is 15.4. The zero-order valence-electron chi connectivity index (χ0n) is 21.2. The average Bonchev–Trinajstić information content (AvgIpc) is 3.56. The molecule has 1 saturated heterocycles. The van der Waals surface area contributed by atoms with Gasteiger partial charge in [-0.2, -0.15) is 5.10 Å². The van der Waals surface area contributed by atoms with Crippen LogP contribution in [0.15, 0.2) is 42.5 Å². The normalized spacial score (nSPS) is 22.7. The fourth-order valence-electron chi connectivity index (χ4n) is 6.36. The predicted octanol–water partition coefficient (Wildman–Crippen LogP) is 7.35. The number of nitrogens with one attached hydrogen (secondary N) is 1. The number of fused-ring (bicyclic) bond motifs is 2. The second-order valence-corrected chi connectivity index (χ2v) is 11.6. The molecular formula is C30H31Cl2FN4O. The number of amides is 1. The Bertz CT molecular complexity index is 1370. The lowest BCUT2D eigenvalue weighted by atomic mass is 9.91. The number of aromatic nitrogens is 2. The van der Waals surface area contributed by atoms with Crippen LogP contribution in [0.5, 0.6) is 0 Å². The first-order valence-electron chi connectivity index (χ1n) is 13.6. The maximum Gasteiger partial charge on any atom is 0.286 e. The Labute approximate surface area is 232 Å². The standard InChI is InChI=1S/C30H31Cl2FN4O/c31-23-11-14-27(26(32)16-23)37-29-20(15-19-9-12-24(33)13-10-19)5-2-1-3-8-25(29)28(34-37)30(38)35-36-17-21-6-4-7-22(21)18-36/h9-16,21-22H,1-8,17-18H2,(H,35,38). The van der Waals surface area contributed by atoms with Crippen LogP contribution in [-0.4, -0.2) is 33.8 Å². The van der Waals surface area contributed by atoms with Gasteiger partial charge >= 0.3 is 0 Å². The Balaban J connectivity index is 1.45. The number of hydrogen-bond acceptors (Lipinski definition) is 3. The van der Waals surface area contributed by atoms with Crippen LogP contribution in [0.4, 0.5) is 4.39 Å². The van der Waals surface area contributed by atoms with Crippen molar-refractivity contribution in [1.29, 1.82) is 0 Å². The van der Waals surface area contributed by atoms with E-state index in [-0.39, 0.29) is 11.7 Å². The molecule has 6 rings (SSSR count). The smallest absolute Gasteiger partial charge is 0.283 e. The van der Waals surface area contributed by atoms with Gasteiger partial charge in [0.2, 0.25) is 0 Å². The third-order valence-electron chi connectivity index (χ3n) is 8.21. The number of nitrogens with zero attached hydrogens (tertiary/aromatic N) is 3. The van der Waals surface area contributed by atoms with E-state index in [4.69, 9.17) is 28.3 Å². The number of carbonyl (C=O) groups excluding carboxylic acids is 1. The van der Waals surface area contributed by atoms with Gasteiger partial charge in [0.15, 0.2) is 5.69 Å². The third kappa shape index (κ3) is 5.14. The Kier molecular flexibility index (Phi) is 7.30. The third-order valence-corrected chi connectivity index (χ3v) is 8.75. The molecule has 0 radical (unpaired) electrons. The van der Waals surface area contributed by atoms with E-state index in [1.54, 1.807) is 24.3 Å². The summed E-state index contributed by atoms with van der Waals surface area (Å²) in [6, 6.07) is 11.8. The van der Waals surface area contributed by atoms with Crippen molar-refractivity contribution in [2.24, 2.45) is 11.8 Å². The summed E-state index contributed by atoms with van der Waals surface area (Å²) in [5.74, 6) is 0.901. The molecule has 1 amide bonds. The predicted molar refractivity (Wildman–Crippen MR) is 150 cm³/mol. The van der Waals surface area contributed by atoms with Crippen LogP contribution >= 0.6 is 23.2 Å². The molecule has 1 aromatic heterocycles. The lowest BCUT2D eigenvalue weighted by Gasteiger charge is -2.19. The number of benzene rings is 2. The van der Waals surface area contributed by atoms with Crippen LogP contribution in [0.3, 0.4) is 0 Å². The molecule has 1 aliphatic heterocycles. The number of hydrogen-bond donors (Lipinski definition) is 1. The van der Waals surface area contributed by atoms with Crippen molar-refractivity contribution in [3.63, 3.8) is 0 Å². The molecule has 2 aliphatic carbocycles. The van der Waals surface area contributed by atoms with Crippen molar-refractivity contribution >= 4 is 40.8 Å². The number of halogens is 3. The van der Waals surface area contributed by atoms with Crippen molar-refractivity contribution in [1.82, 2.24) is 20.2 Å². The van der Waals surface area contributed by atoms with E-state index in [2.05, 4.69) is 16.5 Å². The van der Waals surface area contributed by atoms with Gasteiger partial charge in [-0.05, 0) is 97.9 Å². The van der Waals surface area contributed by atoms with Crippen molar-refractivity contribution in [3.8, 4) is 5.69 Å². The molecule has 3 aromatic rings. The fraction of sp³-hybridized carbons (Fsp3) is 0.400. The average molecular weight is 554 g/mol. The molecule has 2 aromatic carbocycles. The first-order valence-corrected chi connectivity index (χ1v) is 14.3. The molecule has 5 nitrogen and oxygen atoms in total. The van der Waals surface area contributed by atoms with Gasteiger partial charge in [0.1, 0.15) is 5.82 Å². The van der Waals surface area contributed by atoms with Gasteiger partial charge in [0, 0.05) is 23.7 Å². The van der Waals surface area contributed by atoms with Gasteiger partial charge in [-0.25, -0.2) is 14.1 Å². The number of carbonyl (C=O) groups is 1. The largest absolute Gasteiger partial charge is 0.286 e. The van der Waals surface area contributed by atoms with Crippen LogP contribution < -0.4 is 5.43 Å². The van der Waals surface area contributed by atoms with E-state index in [0.29, 0.717) is 33.3 Å². The zero-order chi connectivity index (χ0) is 26.2. The maximum absolute atomic E-state index is 13.7. The second-order valence-electron chi connectivity index (χ2n) is 10.8. The molecule has 0 spiro atoms. The van der Waals surface area contributed by atoms with Gasteiger partial charge in [0.25, 0.3) is 5.91 Å². The van der Waals surface area contributed by atoms with E-state index in [0.717, 1.165) is 67.6 Å². The Hall–Kier alpha value is -2.67. The molecule has 0 bridgehead atoms. The summed E-state index contributed by atoms with van der Waals surface area (Å²) in [5, 5.41) is 7.98. The lowest BCUT2D eigenvalue weighted by Crippen LogP contribution is -2.41. The molecule has 2 fully saturated rings. The van der Waals surface area contributed by atoms with Crippen molar-refractivity contribution in [3.05, 3.63) is 80.8 Å². The molecule has 2 atom stereocenters. The van der Waals surface area contributed by atoms with Gasteiger partial charge < -0.3 is 0 Å². The highest BCUT2D eigenvalue weighted by Gasteiger charge is 2.37. The topological polar surface area (TPSA) is 50.2 Å². The molecule has 38 heavy (non-hydrogen) atoms. The summed E-state index contributed by atoms with van der Waals surface area (Å²) in [4.78, 5) is 13.7. The minimum atomic E-state index is -0.270. The molecule has 198 valence electrons. The Morgan fingerprint density at radius 2 is 1.71 bits per heavy atom. The van der Waals surface area contributed by atoms with Crippen LogP contribution in [0, 0.1) is 17.7 Å². The number of hydrazine groups is 1.